The highest BCUT2D eigenvalue weighted by atomic mass is 19.4. The van der Waals surface area contributed by atoms with E-state index >= 15 is 0 Å². The summed E-state index contributed by atoms with van der Waals surface area (Å²) in [6.07, 6.45) is -9.99. The molecule has 0 radical (unpaired) electrons. The maximum absolute atomic E-state index is 12.6. The maximum Gasteiger partial charge on any atom is 0.407 e. The summed E-state index contributed by atoms with van der Waals surface area (Å²) >= 11 is 0. The van der Waals surface area contributed by atoms with Crippen molar-refractivity contribution in [1.29, 1.82) is 0 Å². The van der Waals surface area contributed by atoms with Gasteiger partial charge in [-0.1, -0.05) is 13.8 Å². The van der Waals surface area contributed by atoms with Crippen molar-refractivity contribution in [2.75, 3.05) is 0 Å². The number of nitrogens with zero attached hydrogens (tertiary/aromatic N) is 1. The number of hydrogen-bond acceptors (Lipinski definition) is 1. The fourth-order valence-corrected chi connectivity index (χ4v) is 2.47. The number of aromatic nitrogens is 2. The van der Waals surface area contributed by atoms with Crippen molar-refractivity contribution in [2.45, 2.75) is 45.0 Å². The lowest BCUT2D eigenvalue weighted by atomic mass is 9.82. The molecule has 1 heterocycles. The molecule has 1 aliphatic rings. The van der Waals surface area contributed by atoms with Gasteiger partial charge in [0.2, 0.25) is 5.92 Å². The van der Waals surface area contributed by atoms with E-state index in [1.54, 1.807) is 0 Å². The van der Waals surface area contributed by atoms with Crippen LogP contribution in [-0.2, 0) is 12.8 Å². The maximum atomic E-state index is 12.6. The van der Waals surface area contributed by atoms with Crippen molar-refractivity contribution in [2.24, 2.45) is 11.8 Å². The molecule has 0 saturated carbocycles. The van der Waals surface area contributed by atoms with Crippen molar-refractivity contribution in [1.82, 2.24) is 9.97 Å². The Balaban J connectivity index is 2.40. The number of imidazole rings is 1. The average molecular weight is 300 g/mol. The van der Waals surface area contributed by atoms with Crippen molar-refractivity contribution in [3.05, 3.63) is 17.2 Å². The summed E-state index contributed by atoms with van der Waals surface area (Å²) in [5.74, 6) is -4.21. The Morgan fingerprint density at radius 3 is 2.00 bits per heavy atom. The van der Waals surface area contributed by atoms with E-state index < -0.39 is 24.1 Å². The molecule has 20 heavy (non-hydrogen) atoms. The van der Waals surface area contributed by atoms with Gasteiger partial charge in [0.1, 0.15) is 5.82 Å². The van der Waals surface area contributed by atoms with Crippen LogP contribution in [0.5, 0.6) is 0 Å². The number of hydrogen-bond donors (Lipinski definition) is 1. The molecule has 0 aromatic carbocycles. The molecule has 0 spiro atoms. The molecule has 1 aliphatic carbocycles. The lowest BCUT2D eigenvalue weighted by Crippen LogP contribution is -2.35. The van der Waals surface area contributed by atoms with Crippen LogP contribution in [0.15, 0.2) is 0 Å². The number of rotatable bonds is 1. The molecule has 0 aliphatic heterocycles. The zero-order chi connectivity index (χ0) is 15.3. The third kappa shape index (κ3) is 2.78. The van der Waals surface area contributed by atoms with E-state index in [0.29, 0.717) is 24.2 Å². The topological polar surface area (TPSA) is 28.7 Å². The van der Waals surface area contributed by atoms with Gasteiger partial charge in [-0.05, 0) is 24.7 Å². The van der Waals surface area contributed by atoms with E-state index in [-0.39, 0.29) is 11.8 Å². The van der Waals surface area contributed by atoms with E-state index in [1.165, 1.54) is 0 Å². The largest absolute Gasteiger partial charge is 0.407 e. The van der Waals surface area contributed by atoms with Crippen molar-refractivity contribution in [3.63, 3.8) is 0 Å². The Hall–Kier alpha value is -1.21. The number of halogens is 6. The van der Waals surface area contributed by atoms with Gasteiger partial charge in [-0.25, -0.2) is 4.98 Å². The number of H-pyrrole nitrogens is 1. The first-order chi connectivity index (χ1) is 9.00. The lowest BCUT2D eigenvalue weighted by Gasteiger charge is -2.24. The summed E-state index contributed by atoms with van der Waals surface area (Å²) in [5.41, 5.74) is 0.716. The SMILES string of the molecule is CC1Cc2nc(C(C(F)(F)F)C(F)(F)F)[nH]c2CC1C. The van der Waals surface area contributed by atoms with Gasteiger partial charge in [0.05, 0.1) is 5.69 Å². The zero-order valence-electron chi connectivity index (χ0n) is 10.9. The fourth-order valence-electron chi connectivity index (χ4n) is 2.47. The van der Waals surface area contributed by atoms with Gasteiger partial charge in [0.15, 0.2) is 0 Å². The molecule has 2 rings (SSSR count). The van der Waals surface area contributed by atoms with E-state index in [9.17, 15) is 26.3 Å². The molecular formula is C12H14F6N2. The Morgan fingerprint density at radius 2 is 1.50 bits per heavy atom. The highest BCUT2D eigenvalue weighted by Crippen LogP contribution is 2.46. The first-order valence-electron chi connectivity index (χ1n) is 6.21. The van der Waals surface area contributed by atoms with Crippen LogP contribution in [0.1, 0.15) is 37.0 Å². The highest BCUT2D eigenvalue weighted by Gasteiger charge is 2.59. The van der Waals surface area contributed by atoms with Gasteiger partial charge >= 0.3 is 12.4 Å². The first kappa shape index (κ1) is 15.2. The van der Waals surface area contributed by atoms with Crippen LogP contribution in [0.4, 0.5) is 26.3 Å². The fraction of sp³-hybridized carbons (Fsp3) is 0.750. The van der Waals surface area contributed by atoms with Gasteiger partial charge in [-0.15, -0.1) is 0 Å². The number of nitrogens with one attached hydrogen (secondary N) is 1. The molecule has 2 unspecified atom stereocenters. The van der Waals surface area contributed by atoms with Crippen molar-refractivity contribution in [3.8, 4) is 0 Å². The van der Waals surface area contributed by atoms with Gasteiger partial charge in [-0.3, -0.25) is 0 Å². The van der Waals surface area contributed by atoms with Crippen LogP contribution in [0.25, 0.3) is 0 Å². The van der Waals surface area contributed by atoms with Gasteiger partial charge in [0.25, 0.3) is 0 Å². The summed E-state index contributed by atoms with van der Waals surface area (Å²) in [6.45, 7) is 3.83. The van der Waals surface area contributed by atoms with Crippen molar-refractivity contribution < 1.29 is 26.3 Å². The molecule has 0 amide bonds. The summed E-state index contributed by atoms with van der Waals surface area (Å²) in [6, 6.07) is 0. The molecule has 8 heteroatoms. The summed E-state index contributed by atoms with van der Waals surface area (Å²) in [5, 5.41) is 0. The lowest BCUT2D eigenvalue weighted by molar-refractivity contribution is -0.255. The Kier molecular flexibility index (Phi) is 3.54. The second-order valence-electron chi connectivity index (χ2n) is 5.43. The average Bonchev–Trinajstić information content (AvgIpc) is 2.55. The quantitative estimate of drug-likeness (QED) is 0.781. The van der Waals surface area contributed by atoms with E-state index in [1.807, 2.05) is 13.8 Å². The smallest absolute Gasteiger partial charge is 0.345 e. The van der Waals surface area contributed by atoms with Crippen LogP contribution in [-0.4, -0.2) is 22.3 Å². The normalized spacial score (nSPS) is 24.1. The predicted octanol–water partition coefficient (Wildman–Crippen LogP) is 3.99. The summed E-state index contributed by atoms with van der Waals surface area (Å²) < 4.78 is 75.8. The van der Waals surface area contributed by atoms with E-state index in [0.717, 1.165) is 0 Å². The van der Waals surface area contributed by atoms with Crippen LogP contribution in [0, 0.1) is 11.8 Å². The minimum atomic E-state index is -5.41. The predicted molar refractivity (Wildman–Crippen MR) is 59.2 cm³/mol. The molecule has 114 valence electrons. The molecule has 2 atom stereocenters. The molecular weight excluding hydrogens is 286 g/mol. The van der Waals surface area contributed by atoms with Gasteiger partial charge in [0, 0.05) is 5.69 Å². The standard InChI is InChI=1S/C12H14F6N2/c1-5-3-7-8(4-6(5)2)20-10(19-7)9(11(13,14)15)12(16,17)18/h5-6,9H,3-4H2,1-2H3,(H,19,20). The second kappa shape index (κ2) is 4.66. The number of alkyl halides is 6. The van der Waals surface area contributed by atoms with Crippen LogP contribution < -0.4 is 0 Å². The summed E-state index contributed by atoms with van der Waals surface area (Å²) in [7, 11) is 0. The molecule has 2 nitrogen and oxygen atoms in total. The second-order valence-corrected chi connectivity index (χ2v) is 5.43. The molecule has 0 saturated heterocycles. The minimum absolute atomic E-state index is 0.189. The molecule has 0 fully saturated rings. The monoisotopic (exact) mass is 300 g/mol. The Bertz CT molecular complexity index is 446. The first-order valence-corrected chi connectivity index (χ1v) is 6.21. The summed E-state index contributed by atoms with van der Waals surface area (Å²) in [4.78, 5) is 5.82. The molecule has 1 aromatic heterocycles. The minimum Gasteiger partial charge on any atom is -0.345 e. The van der Waals surface area contributed by atoms with Gasteiger partial charge in [-0.2, -0.15) is 26.3 Å². The molecule has 1 N–H and O–H groups in total. The number of aromatic amines is 1. The third-order valence-corrected chi connectivity index (χ3v) is 3.82. The van der Waals surface area contributed by atoms with Crippen LogP contribution in [0.2, 0.25) is 0 Å². The van der Waals surface area contributed by atoms with Crippen molar-refractivity contribution >= 4 is 0 Å². The number of fused-ring (bicyclic) bond motifs is 1. The van der Waals surface area contributed by atoms with Gasteiger partial charge < -0.3 is 4.98 Å². The van der Waals surface area contributed by atoms with Crippen LogP contribution in [0.3, 0.4) is 0 Å². The Morgan fingerprint density at radius 1 is 1.00 bits per heavy atom. The zero-order valence-corrected chi connectivity index (χ0v) is 10.9. The van der Waals surface area contributed by atoms with E-state index in [2.05, 4.69) is 9.97 Å². The van der Waals surface area contributed by atoms with E-state index in [4.69, 9.17) is 0 Å². The molecule has 1 aromatic rings. The third-order valence-electron chi connectivity index (χ3n) is 3.82. The Labute approximate surface area is 111 Å². The van der Waals surface area contributed by atoms with Crippen LogP contribution >= 0.6 is 0 Å². The highest BCUT2D eigenvalue weighted by molar-refractivity contribution is 5.22. The molecule has 0 bridgehead atoms.